The summed E-state index contributed by atoms with van der Waals surface area (Å²) in [5, 5.41) is 9.95. The molecule has 2 aliphatic carbocycles. The Bertz CT molecular complexity index is 1820. The van der Waals surface area contributed by atoms with Crippen molar-refractivity contribution in [2.75, 3.05) is 9.80 Å². The first kappa shape index (κ1) is 29.0. The monoisotopic (exact) mass is 636 g/mol. The van der Waals surface area contributed by atoms with Gasteiger partial charge in [-0.25, -0.2) is 14.2 Å². The third-order valence-electron chi connectivity index (χ3n) is 9.97. The van der Waals surface area contributed by atoms with Gasteiger partial charge in [-0.2, -0.15) is 0 Å². The van der Waals surface area contributed by atoms with Crippen LogP contribution >= 0.6 is 23.2 Å². The smallest absolute Gasteiger partial charge is 0.241 e. The number of amides is 4. The number of nitrogens with zero attached hydrogens (tertiary/aromatic N) is 2. The van der Waals surface area contributed by atoms with Gasteiger partial charge in [-0.15, -0.1) is 0 Å². The fraction of sp³-hybridized carbons (Fsp3) is 0.333. The van der Waals surface area contributed by atoms with Crippen LogP contribution < -0.4 is 9.80 Å². The Morgan fingerprint density at radius 2 is 1.64 bits per heavy atom. The number of allylic oxidation sites excluding steroid dienone is 2. The zero-order valence-corrected chi connectivity index (χ0v) is 25.2. The van der Waals surface area contributed by atoms with Crippen LogP contribution in [0.5, 0.6) is 0 Å². The summed E-state index contributed by atoms with van der Waals surface area (Å²) in [5.41, 5.74) is 0.735. The molecule has 226 valence electrons. The first-order valence-electron chi connectivity index (χ1n) is 14.3. The van der Waals surface area contributed by atoms with Gasteiger partial charge >= 0.3 is 0 Å². The molecule has 8 nitrogen and oxygen atoms in total. The number of aliphatic hydroxyl groups is 1. The third-order valence-corrected chi connectivity index (χ3v) is 10.7. The van der Waals surface area contributed by atoms with Crippen molar-refractivity contribution in [3.05, 3.63) is 93.1 Å². The molecule has 0 bridgehead atoms. The predicted octanol–water partition coefficient (Wildman–Crippen LogP) is 5.96. The SMILES string of the molecule is Cc1ccc(N2C(=O)[C@H]3[C@H](CC=C4[C@H]3C[C@H]3C(=O)N(c5ccc(F)c(Cl)c5)C(=O)[C@@]3(C)[C@H]4c3ccc(CO)o3)C2=O)cc1Cl. The summed E-state index contributed by atoms with van der Waals surface area (Å²) >= 11 is 12.4. The van der Waals surface area contributed by atoms with Crippen LogP contribution in [0.2, 0.25) is 10.0 Å². The molecule has 3 fully saturated rings. The number of carbonyl (C=O) groups excluding carboxylic acids is 4. The fourth-order valence-corrected chi connectivity index (χ4v) is 8.15. The standard InChI is InChI=1S/C33H27Cl2FN2O6/c1-15-3-4-16(11-23(15)34)37-29(40)20-8-7-19-21(27(20)31(37)42)13-22-30(41)38(17-5-9-25(36)24(35)12-17)32(43)33(22,2)28(19)26-10-6-18(14-39)44-26/h3-7,9-12,20-22,27-28,39H,8,13-14H2,1-2H3/t20-,21+,22-,27-,28+,33+/m0/s1. The molecular weight excluding hydrogens is 610 g/mol. The van der Waals surface area contributed by atoms with E-state index in [1.54, 1.807) is 37.3 Å². The van der Waals surface area contributed by atoms with Crippen LogP contribution in [-0.4, -0.2) is 28.7 Å². The first-order chi connectivity index (χ1) is 21.0. The number of benzene rings is 2. The van der Waals surface area contributed by atoms with Crippen LogP contribution in [0.15, 0.2) is 64.6 Å². The summed E-state index contributed by atoms with van der Waals surface area (Å²) in [6.07, 6.45) is 2.32. The van der Waals surface area contributed by atoms with E-state index in [2.05, 4.69) is 0 Å². The van der Waals surface area contributed by atoms with Gasteiger partial charge in [0.2, 0.25) is 23.6 Å². The Balaban J connectivity index is 1.35. The highest BCUT2D eigenvalue weighted by atomic mass is 35.5. The lowest BCUT2D eigenvalue weighted by Crippen LogP contribution is -2.48. The normalized spacial score (nSPS) is 29.6. The van der Waals surface area contributed by atoms with Crippen LogP contribution in [0.1, 0.15) is 42.8 Å². The molecule has 7 rings (SSSR count). The van der Waals surface area contributed by atoms with Crippen molar-refractivity contribution in [3.63, 3.8) is 0 Å². The van der Waals surface area contributed by atoms with Gasteiger partial charge in [0.05, 0.1) is 45.5 Å². The summed E-state index contributed by atoms with van der Waals surface area (Å²) < 4.78 is 20.0. The average Bonchev–Trinajstić information content (AvgIpc) is 3.62. The molecule has 2 saturated heterocycles. The molecule has 1 N–H and O–H groups in total. The van der Waals surface area contributed by atoms with Gasteiger partial charge in [0.25, 0.3) is 0 Å². The van der Waals surface area contributed by atoms with E-state index in [9.17, 15) is 28.7 Å². The number of carbonyl (C=O) groups is 4. The number of aryl methyl sites for hydroxylation is 1. The predicted molar refractivity (Wildman–Crippen MR) is 159 cm³/mol. The average molecular weight is 637 g/mol. The third kappa shape index (κ3) is 3.92. The summed E-state index contributed by atoms with van der Waals surface area (Å²) in [7, 11) is 0. The van der Waals surface area contributed by atoms with Crippen molar-refractivity contribution in [2.24, 2.45) is 29.1 Å². The molecule has 1 saturated carbocycles. The van der Waals surface area contributed by atoms with Crippen LogP contribution in [-0.2, 0) is 25.8 Å². The molecule has 11 heteroatoms. The molecule has 3 heterocycles. The number of rotatable bonds is 4. The van der Waals surface area contributed by atoms with Gasteiger partial charge in [-0.05, 0) is 80.6 Å². The lowest BCUT2D eigenvalue weighted by Gasteiger charge is -2.48. The second-order valence-electron chi connectivity index (χ2n) is 12.2. The highest BCUT2D eigenvalue weighted by Gasteiger charge is 2.68. The van der Waals surface area contributed by atoms with E-state index in [4.69, 9.17) is 27.6 Å². The van der Waals surface area contributed by atoms with Gasteiger partial charge in [0, 0.05) is 5.02 Å². The highest BCUT2D eigenvalue weighted by Crippen LogP contribution is 2.64. The summed E-state index contributed by atoms with van der Waals surface area (Å²) in [4.78, 5) is 58.6. The Kier molecular flexibility index (Phi) is 6.66. The fourth-order valence-electron chi connectivity index (χ4n) is 7.80. The second-order valence-corrected chi connectivity index (χ2v) is 13.0. The van der Waals surface area contributed by atoms with Crippen molar-refractivity contribution >= 4 is 58.2 Å². The molecule has 4 amide bonds. The van der Waals surface area contributed by atoms with Gasteiger partial charge in [-0.3, -0.25) is 19.2 Å². The van der Waals surface area contributed by atoms with E-state index in [1.165, 1.54) is 17.0 Å². The second kappa shape index (κ2) is 10.1. The van der Waals surface area contributed by atoms with Crippen molar-refractivity contribution in [1.29, 1.82) is 0 Å². The molecule has 6 atom stereocenters. The maximum atomic E-state index is 14.4. The molecule has 44 heavy (non-hydrogen) atoms. The van der Waals surface area contributed by atoms with Crippen molar-refractivity contribution < 1.29 is 33.1 Å². The summed E-state index contributed by atoms with van der Waals surface area (Å²) in [6, 6.07) is 12.0. The Hall–Kier alpha value is -3.79. The molecule has 2 aliphatic heterocycles. The largest absolute Gasteiger partial charge is 0.463 e. The molecule has 0 spiro atoms. The van der Waals surface area contributed by atoms with Gasteiger partial charge in [0.15, 0.2) is 0 Å². The zero-order chi connectivity index (χ0) is 31.2. The number of hydrogen-bond acceptors (Lipinski definition) is 6. The number of aliphatic hydroxyl groups excluding tert-OH is 1. The Morgan fingerprint density at radius 3 is 2.32 bits per heavy atom. The molecule has 0 unspecified atom stereocenters. The highest BCUT2D eigenvalue weighted by molar-refractivity contribution is 6.32. The van der Waals surface area contributed by atoms with Gasteiger partial charge in [0.1, 0.15) is 23.9 Å². The van der Waals surface area contributed by atoms with Crippen molar-refractivity contribution in [2.45, 2.75) is 39.2 Å². The topological polar surface area (TPSA) is 108 Å². The lowest BCUT2D eigenvalue weighted by atomic mass is 9.52. The van der Waals surface area contributed by atoms with Crippen LogP contribution in [0.3, 0.4) is 0 Å². The van der Waals surface area contributed by atoms with Crippen LogP contribution in [0, 0.1) is 41.8 Å². The van der Waals surface area contributed by atoms with Gasteiger partial charge < -0.3 is 9.52 Å². The van der Waals surface area contributed by atoms with Gasteiger partial charge in [-0.1, -0.05) is 40.9 Å². The quantitative estimate of drug-likeness (QED) is 0.280. The number of furan rings is 1. The number of hydrogen-bond donors (Lipinski definition) is 1. The molecule has 1 aromatic heterocycles. The van der Waals surface area contributed by atoms with E-state index < -0.39 is 52.6 Å². The van der Waals surface area contributed by atoms with E-state index in [1.807, 2.05) is 13.0 Å². The van der Waals surface area contributed by atoms with E-state index in [0.717, 1.165) is 22.1 Å². The summed E-state index contributed by atoms with van der Waals surface area (Å²) in [5.74, 6) is -5.38. The number of imide groups is 2. The summed E-state index contributed by atoms with van der Waals surface area (Å²) in [6.45, 7) is 3.17. The minimum atomic E-state index is -1.34. The first-order valence-corrected chi connectivity index (χ1v) is 15.1. The van der Waals surface area contributed by atoms with Crippen molar-refractivity contribution in [3.8, 4) is 0 Å². The molecule has 3 aromatic rings. The molecule has 4 aliphatic rings. The minimum Gasteiger partial charge on any atom is -0.463 e. The van der Waals surface area contributed by atoms with Crippen LogP contribution in [0.25, 0.3) is 0 Å². The molecule has 2 aromatic carbocycles. The lowest BCUT2D eigenvalue weighted by molar-refractivity contribution is -0.131. The zero-order valence-electron chi connectivity index (χ0n) is 23.7. The van der Waals surface area contributed by atoms with E-state index in [0.29, 0.717) is 16.5 Å². The molecular formula is C33H27Cl2FN2O6. The minimum absolute atomic E-state index is 0.139. The number of anilines is 2. The van der Waals surface area contributed by atoms with E-state index >= 15 is 0 Å². The molecule has 0 radical (unpaired) electrons. The van der Waals surface area contributed by atoms with E-state index in [-0.39, 0.29) is 47.7 Å². The Morgan fingerprint density at radius 1 is 0.932 bits per heavy atom. The Labute approximate surface area is 262 Å². The maximum absolute atomic E-state index is 14.4. The van der Waals surface area contributed by atoms with Crippen molar-refractivity contribution in [1.82, 2.24) is 0 Å². The number of fused-ring (bicyclic) bond motifs is 4. The number of halogens is 3. The van der Waals surface area contributed by atoms with Crippen LogP contribution in [0.4, 0.5) is 15.8 Å². The maximum Gasteiger partial charge on any atom is 0.241 e.